The first kappa shape index (κ1) is 23.5. The predicted molar refractivity (Wildman–Crippen MR) is 135 cm³/mol. The van der Waals surface area contributed by atoms with Gasteiger partial charge in [0.25, 0.3) is 0 Å². The first-order valence-corrected chi connectivity index (χ1v) is 11.4. The number of fused-ring (bicyclic) bond motifs is 2. The Morgan fingerprint density at radius 1 is 1.15 bits per heavy atom. The number of hydrogen-bond donors (Lipinski definition) is 1. The SMILES string of the molecule is CCn1c(C2Nc3cc(C(=O)OC)cc(N(C)C(=O)OC(C)(C)C)c3N2C)cc2ccccc21. The Morgan fingerprint density at radius 2 is 1.85 bits per heavy atom. The molecule has 8 nitrogen and oxygen atoms in total. The van der Waals surface area contributed by atoms with E-state index in [1.807, 2.05) is 40.0 Å². The molecule has 0 aliphatic carbocycles. The molecular weight excluding hydrogens is 432 g/mol. The van der Waals surface area contributed by atoms with Gasteiger partial charge < -0.3 is 24.3 Å². The largest absolute Gasteiger partial charge is 0.465 e. The molecule has 0 radical (unpaired) electrons. The van der Waals surface area contributed by atoms with Gasteiger partial charge in [0.2, 0.25) is 0 Å². The van der Waals surface area contributed by atoms with Crippen LogP contribution in [0.2, 0.25) is 0 Å². The predicted octanol–water partition coefficient (Wildman–Crippen LogP) is 5.38. The molecule has 0 saturated heterocycles. The summed E-state index contributed by atoms with van der Waals surface area (Å²) in [5, 5.41) is 4.72. The molecular formula is C26H32N4O4. The van der Waals surface area contributed by atoms with Crippen molar-refractivity contribution in [1.82, 2.24) is 4.57 Å². The number of carbonyl (C=O) groups is 2. The van der Waals surface area contributed by atoms with Gasteiger partial charge in [-0.25, -0.2) is 9.59 Å². The highest BCUT2D eigenvalue weighted by Crippen LogP contribution is 2.47. The number of nitrogens with zero attached hydrogens (tertiary/aromatic N) is 3. The number of anilines is 3. The number of aromatic nitrogens is 1. The molecule has 1 aliphatic rings. The van der Waals surface area contributed by atoms with Crippen LogP contribution in [0.3, 0.4) is 0 Å². The molecule has 4 rings (SSSR count). The van der Waals surface area contributed by atoms with Gasteiger partial charge in [-0.1, -0.05) is 18.2 Å². The molecule has 8 heteroatoms. The third kappa shape index (κ3) is 4.04. The second kappa shape index (κ2) is 8.59. The quantitative estimate of drug-likeness (QED) is 0.523. The average Bonchev–Trinajstić information content (AvgIpc) is 3.33. The summed E-state index contributed by atoms with van der Waals surface area (Å²) in [7, 11) is 4.97. The molecule has 1 atom stereocenters. The number of methoxy groups -OCH3 is 1. The maximum Gasteiger partial charge on any atom is 0.414 e. The smallest absolute Gasteiger partial charge is 0.414 e. The van der Waals surface area contributed by atoms with E-state index in [2.05, 4.69) is 39.9 Å². The maximum atomic E-state index is 12.9. The van der Waals surface area contributed by atoms with Gasteiger partial charge in [0.1, 0.15) is 11.8 Å². The second-order valence-electron chi connectivity index (χ2n) is 9.45. The number of carbonyl (C=O) groups excluding carboxylic acids is 2. The van der Waals surface area contributed by atoms with Crippen LogP contribution in [0.1, 0.15) is 49.9 Å². The van der Waals surface area contributed by atoms with Crippen LogP contribution in [0, 0.1) is 0 Å². The lowest BCUT2D eigenvalue weighted by Gasteiger charge is -2.29. The van der Waals surface area contributed by atoms with Gasteiger partial charge in [0.05, 0.1) is 35.4 Å². The van der Waals surface area contributed by atoms with Crippen molar-refractivity contribution < 1.29 is 19.1 Å². The Kier molecular flexibility index (Phi) is 5.93. The molecule has 1 amide bonds. The fraction of sp³-hybridized carbons (Fsp3) is 0.385. The first-order valence-electron chi connectivity index (χ1n) is 11.4. The molecule has 0 saturated carbocycles. The minimum Gasteiger partial charge on any atom is -0.465 e. The molecule has 0 spiro atoms. The van der Waals surface area contributed by atoms with Crippen LogP contribution in [-0.4, -0.2) is 43.4 Å². The summed E-state index contributed by atoms with van der Waals surface area (Å²) in [4.78, 5) is 28.9. The topological polar surface area (TPSA) is 76.0 Å². The van der Waals surface area contributed by atoms with Crippen molar-refractivity contribution >= 4 is 40.0 Å². The number of hydrogen-bond acceptors (Lipinski definition) is 6. The molecule has 1 unspecified atom stereocenters. The van der Waals surface area contributed by atoms with E-state index in [1.165, 1.54) is 12.0 Å². The van der Waals surface area contributed by atoms with E-state index in [0.717, 1.165) is 34.5 Å². The number of ether oxygens (including phenoxy) is 2. The van der Waals surface area contributed by atoms with E-state index in [4.69, 9.17) is 9.47 Å². The van der Waals surface area contributed by atoms with Crippen molar-refractivity contribution in [3.05, 3.63) is 53.7 Å². The molecule has 2 heterocycles. The van der Waals surface area contributed by atoms with Crippen molar-refractivity contribution in [3.63, 3.8) is 0 Å². The summed E-state index contributed by atoms with van der Waals surface area (Å²) in [6.45, 7) is 8.39. The summed E-state index contributed by atoms with van der Waals surface area (Å²) in [5.74, 6) is -0.475. The van der Waals surface area contributed by atoms with Crippen molar-refractivity contribution in [2.24, 2.45) is 0 Å². The Hall–Kier alpha value is -3.68. The molecule has 0 fully saturated rings. The molecule has 1 aromatic heterocycles. The highest BCUT2D eigenvalue weighted by molar-refractivity contribution is 6.02. The zero-order valence-electron chi connectivity index (χ0n) is 20.8. The molecule has 3 aromatic rings. The number of esters is 1. The monoisotopic (exact) mass is 464 g/mol. The van der Waals surface area contributed by atoms with Crippen molar-refractivity contribution in [2.75, 3.05) is 36.3 Å². The van der Waals surface area contributed by atoms with Crippen LogP contribution in [0.5, 0.6) is 0 Å². The van der Waals surface area contributed by atoms with Gasteiger partial charge >= 0.3 is 12.1 Å². The van der Waals surface area contributed by atoms with Crippen LogP contribution >= 0.6 is 0 Å². The number of nitrogens with one attached hydrogen (secondary N) is 1. The Balaban J connectivity index is 1.82. The summed E-state index contributed by atoms with van der Waals surface area (Å²) in [6.07, 6.45) is -0.697. The molecule has 1 aliphatic heterocycles. The first-order chi connectivity index (χ1) is 16.1. The van der Waals surface area contributed by atoms with Gasteiger partial charge in [-0.15, -0.1) is 0 Å². The minimum atomic E-state index is -0.650. The fourth-order valence-corrected chi connectivity index (χ4v) is 4.48. The van der Waals surface area contributed by atoms with E-state index in [0.29, 0.717) is 11.3 Å². The second-order valence-corrected chi connectivity index (χ2v) is 9.45. The maximum absolute atomic E-state index is 12.9. The highest BCUT2D eigenvalue weighted by Gasteiger charge is 2.35. The summed E-state index contributed by atoms with van der Waals surface area (Å²) in [5.41, 5.74) is 4.06. The summed E-state index contributed by atoms with van der Waals surface area (Å²) >= 11 is 0. The van der Waals surface area contributed by atoms with Crippen molar-refractivity contribution in [3.8, 4) is 0 Å². The standard InChI is InChI=1S/C26H32N4O4/c1-8-30-19-12-10-9-11-16(19)14-21(30)23-27-18-13-17(24(31)33-7)15-20(22(18)29(23)6)28(5)25(32)34-26(2,3)4/h9-15,23,27H,8H2,1-7H3. The van der Waals surface area contributed by atoms with E-state index in [9.17, 15) is 9.59 Å². The number of amides is 1. The van der Waals surface area contributed by atoms with Crippen LogP contribution in [-0.2, 0) is 16.0 Å². The number of rotatable bonds is 4. The number of benzene rings is 2. The van der Waals surface area contributed by atoms with Crippen molar-refractivity contribution in [1.29, 1.82) is 0 Å². The van der Waals surface area contributed by atoms with E-state index in [-0.39, 0.29) is 6.17 Å². The fourth-order valence-electron chi connectivity index (χ4n) is 4.48. The van der Waals surface area contributed by atoms with Gasteiger partial charge in [0.15, 0.2) is 0 Å². The molecule has 34 heavy (non-hydrogen) atoms. The lowest BCUT2D eigenvalue weighted by molar-refractivity contribution is 0.0580. The van der Waals surface area contributed by atoms with Gasteiger partial charge in [-0.3, -0.25) is 4.90 Å². The molecule has 2 aromatic carbocycles. The number of para-hydroxylation sites is 1. The average molecular weight is 465 g/mol. The van der Waals surface area contributed by atoms with Crippen LogP contribution in [0.25, 0.3) is 10.9 Å². The highest BCUT2D eigenvalue weighted by atomic mass is 16.6. The van der Waals surface area contributed by atoms with E-state index < -0.39 is 17.7 Å². The zero-order valence-corrected chi connectivity index (χ0v) is 20.8. The summed E-state index contributed by atoms with van der Waals surface area (Å²) in [6, 6.07) is 13.9. The molecule has 1 N–H and O–H groups in total. The van der Waals surface area contributed by atoms with Crippen LogP contribution in [0.4, 0.5) is 21.9 Å². The Morgan fingerprint density at radius 3 is 2.50 bits per heavy atom. The lowest BCUT2D eigenvalue weighted by atomic mass is 10.1. The van der Waals surface area contributed by atoms with Gasteiger partial charge in [-0.2, -0.15) is 0 Å². The van der Waals surface area contributed by atoms with Gasteiger partial charge in [-0.05, 0) is 52.0 Å². The normalized spacial score (nSPS) is 15.1. The van der Waals surface area contributed by atoms with Crippen LogP contribution in [0.15, 0.2) is 42.5 Å². The van der Waals surface area contributed by atoms with E-state index in [1.54, 1.807) is 19.2 Å². The van der Waals surface area contributed by atoms with Crippen LogP contribution < -0.4 is 15.1 Å². The third-order valence-corrected chi connectivity index (χ3v) is 6.01. The Labute approximate surface area is 200 Å². The number of aryl methyl sites for hydroxylation is 1. The zero-order chi connectivity index (χ0) is 24.8. The van der Waals surface area contributed by atoms with Crippen molar-refractivity contribution in [2.45, 2.75) is 46.0 Å². The third-order valence-electron chi connectivity index (χ3n) is 6.01. The molecule has 0 bridgehead atoms. The van der Waals surface area contributed by atoms with Gasteiger partial charge in [0, 0.05) is 31.5 Å². The summed E-state index contributed by atoms with van der Waals surface area (Å²) < 4.78 is 12.8. The van der Waals surface area contributed by atoms with E-state index >= 15 is 0 Å². The Bertz CT molecular complexity index is 1260. The lowest BCUT2D eigenvalue weighted by Crippen LogP contribution is -2.35. The minimum absolute atomic E-state index is 0.193. The molecule has 180 valence electrons.